The van der Waals surface area contributed by atoms with Crippen molar-refractivity contribution in [3.8, 4) is 11.4 Å². The number of benzene rings is 1. The van der Waals surface area contributed by atoms with E-state index in [1.807, 2.05) is 18.2 Å². The lowest BCUT2D eigenvalue weighted by atomic mass is 10.0. The Balaban J connectivity index is 2.13. The molecule has 19 heavy (non-hydrogen) atoms. The third kappa shape index (κ3) is 3.51. The summed E-state index contributed by atoms with van der Waals surface area (Å²) < 4.78 is 10.1. The molecule has 0 bridgehead atoms. The van der Waals surface area contributed by atoms with E-state index < -0.39 is 0 Å². The van der Waals surface area contributed by atoms with Crippen LogP contribution in [0.1, 0.15) is 31.2 Å². The molecule has 1 aromatic heterocycles. The number of methoxy groups -OCH3 is 1. The largest absolute Gasteiger partial charge is 0.381 e. The Bertz CT molecular complexity index is 542. The third-order valence-corrected chi connectivity index (χ3v) is 2.80. The SMILES string of the molecule is COC/C=C/c1nc(-c2ccc(C(C)C)cc2)no1. The van der Waals surface area contributed by atoms with Crippen LogP contribution in [-0.4, -0.2) is 23.9 Å². The van der Waals surface area contributed by atoms with Gasteiger partial charge in [0.15, 0.2) is 0 Å². The van der Waals surface area contributed by atoms with Crippen LogP contribution in [0, 0.1) is 0 Å². The van der Waals surface area contributed by atoms with Gasteiger partial charge in [-0.2, -0.15) is 4.98 Å². The molecular formula is C15H18N2O2. The Hall–Kier alpha value is -1.94. The van der Waals surface area contributed by atoms with Crippen LogP contribution in [0.5, 0.6) is 0 Å². The van der Waals surface area contributed by atoms with Crippen LogP contribution in [0.3, 0.4) is 0 Å². The highest BCUT2D eigenvalue weighted by molar-refractivity contribution is 5.56. The maximum atomic E-state index is 5.14. The Labute approximate surface area is 113 Å². The predicted molar refractivity (Wildman–Crippen MR) is 74.7 cm³/mol. The number of hydrogen-bond donors (Lipinski definition) is 0. The van der Waals surface area contributed by atoms with Crippen LogP contribution in [-0.2, 0) is 4.74 Å². The molecule has 0 N–H and O–H groups in total. The van der Waals surface area contributed by atoms with Gasteiger partial charge in [0.2, 0.25) is 5.82 Å². The molecule has 4 nitrogen and oxygen atoms in total. The van der Waals surface area contributed by atoms with Crippen molar-refractivity contribution in [2.75, 3.05) is 13.7 Å². The van der Waals surface area contributed by atoms with Gasteiger partial charge in [0, 0.05) is 18.7 Å². The molecule has 0 aliphatic heterocycles. The minimum Gasteiger partial charge on any atom is -0.381 e. The highest BCUT2D eigenvalue weighted by atomic mass is 16.5. The molecule has 0 radical (unpaired) electrons. The van der Waals surface area contributed by atoms with Crippen molar-refractivity contribution in [2.45, 2.75) is 19.8 Å². The summed E-state index contributed by atoms with van der Waals surface area (Å²) in [6, 6.07) is 8.22. The lowest BCUT2D eigenvalue weighted by Crippen LogP contribution is -1.87. The normalized spacial score (nSPS) is 11.6. The van der Waals surface area contributed by atoms with Crippen LogP contribution in [0.25, 0.3) is 17.5 Å². The maximum absolute atomic E-state index is 5.14. The van der Waals surface area contributed by atoms with E-state index in [4.69, 9.17) is 9.26 Å². The van der Waals surface area contributed by atoms with Gasteiger partial charge < -0.3 is 9.26 Å². The summed E-state index contributed by atoms with van der Waals surface area (Å²) in [4.78, 5) is 4.31. The molecule has 0 saturated carbocycles. The first-order valence-corrected chi connectivity index (χ1v) is 6.30. The van der Waals surface area contributed by atoms with Crippen molar-refractivity contribution < 1.29 is 9.26 Å². The molecule has 2 aromatic rings. The Morgan fingerprint density at radius 3 is 2.63 bits per heavy atom. The summed E-state index contributed by atoms with van der Waals surface area (Å²) in [6.45, 7) is 4.87. The second-order valence-electron chi connectivity index (χ2n) is 4.59. The van der Waals surface area contributed by atoms with Crippen LogP contribution in [0.4, 0.5) is 0 Å². The summed E-state index contributed by atoms with van der Waals surface area (Å²) >= 11 is 0. The monoisotopic (exact) mass is 258 g/mol. The zero-order valence-corrected chi connectivity index (χ0v) is 11.5. The van der Waals surface area contributed by atoms with E-state index in [-0.39, 0.29) is 0 Å². The van der Waals surface area contributed by atoms with Crippen molar-refractivity contribution in [2.24, 2.45) is 0 Å². The second kappa shape index (κ2) is 6.29. The van der Waals surface area contributed by atoms with E-state index in [1.54, 1.807) is 13.2 Å². The standard InChI is InChI=1S/C15H18N2O2/c1-11(2)12-6-8-13(9-7-12)15-16-14(19-17-15)5-4-10-18-3/h4-9,11H,10H2,1-3H3/b5-4+. The first-order chi connectivity index (χ1) is 9.20. The highest BCUT2D eigenvalue weighted by Crippen LogP contribution is 2.20. The van der Waals surface area contributed by atoms with Gasteiger partial charge in [0.25, 0.3) is 5.89 Å². The van der Waals surface area contributed by atoms with Gasteiger partial charge in [-0.3, -0.25) is 0 Å². The highest BCUT2D eigenvalue weighted by Gasteiger charge is 2.07. The zero-order valence-electron chi connectivity index (χ0n) is 11.5. The smallest absolute Gasteiger partial charge is 0.250 e. The summed E-state index contributed by atoms with van der Waals surface area (Å²) in [6.07, 6.45) is 3.58. The Kier molecular flexibility index (Phi) is 4.47. The minimum absolute atomic E-state index is 0.486. The van der Waals surface area contributed by atoms with Crippen molar-refractivity contribution >= 4 is 6.08 Å². The molecule has 1 heterocycles. The van der Waals surface area contributed by atoms with Gasteiger partial charge in [-0.25, -0.2) is 0 Å². The van der Waals surface area contributed by atoms with Gasteiger partial charge in [0.1, 0.15) is 0 Å². The quantitative estimate of drug-likeness (QED) is 0.823. The van der Waals surface area contributed by atoms with E-state index in [0.29, 0.717) is 24.2 Å². The minimum atomic E-state index is 0.486. The zero-order chi connectivity index (χ0) is 13.7. The van der Waals surface area contributed by atoms with Crippen LogP contribution in [0.2, 0.25) is 0 Å². The number of ether oxygens (including phenoxy) is 1. The molecule has 0 atom stereocenters. The molecule has 0 aliphatic rings. The van der Waals surface area contributed by atoms with Crippen molar-refractivity contribution in [1.82, 2.24) is 10.1 Å². The summed E-state index contributed by atoms with van der Waals surface area (Å²) in [5.74, 6) is 1.61. The first-order valence-electron chi connectivity index (χ1n) is 6.30. The van der Waals surface area contributed by atoms with E-state index >= 15 is 0 Å². The topological polar surface area (TPSA) is 48.2 Å². The van der Waals surface area contributed by atoms with Crippen molar-refractivity contribution in [1.29, 1.82) is 0 Å². The van der Waals surface area contributed by atoms with E-state index in [9.17, 15) is 0 Å². The van der Waals surface area contributed by atoms with E-state index in [0.717, 1.165) is 5.56 Å². The average Bonchev–Trinajstić information content (AvgIpc) is 2.88. The van der Waals surface area contributed by atoms with Gasteiger partial charge in [-0.15, -0.1) is 0 Å². The molecule has 0 aliphatic carbocycles. The molecule has 4 heteroatoms. The number of rotatable bonds is 5. The maximum Gasteiger partial charge on any atom is 0.250 e. The van der Waals surface area contributed by atoms with Crippen LogP contribution < -0.4 is 0 Å². The number of hydrogen-bond acceptors (Lipinski definition) is 4. The lowest BCUT2D eigenvalue weighted by molar-refractivity contribution is 0.234. The summed E-state index contributed by atoms with van der Waals surface area (Å²) in [5.41, 5.74) is 2.26. The summed E-state index contributed by atoms with van der Waals surface area (Å²) in [5, 5.41) is 3.96. The third-order valence-electron chi connectivity index (χ3n) is 2.80. The first kappa shape index (κ1) is 13.5. The van der Waals surface area contributed by atoms with Gasteiger partial charge in [-0.1, -0.05) is 49.3 Å². The molecule has 0 unspecified atom stereocenters. The fourth-order valence-corrected chi connectivity index (χ4v) is 1.68. The predicted octanol–water partition coefficient (Wildman–Crippen LogP) is 3.52. The molecule has 0 spiro atoms. The van der Waals surface area contributed by atoms with Crippen LogP contribution in [0.15, 0.2) is 34.9 Å². The van der Waals surface area contributed by atoms with Gasteiger partial charge >= 0.3 is 0 Å². The van der Waals surface area contributed by atoms with Crippen molar-refractivity contribution in [3.63, 3.8) is 0 Å². The second-order valence-corrected chi connectivity index (χ2v) is 4.59. The van der Waals surface area contributed by atoms with Crippen LogP contribution >= 0.6 is 0 Å². The Morgan fingerprint density at radius 2 is 2.00 bits per heavy atom. The molecule has 100 valence electrons. The molecular weight excluding hydrogens is 240 g/mol. The number of aromatic nitrogens is 2. The molecule has 1 aromatic carbocycles. The van der Waals surface area contributed by atoms with E-state index in [2.05, 4.69) is 36.1 Å². The molecule has 0 fully saturated rings. The van der Waals surface area contributed by atoms with Crippen molar-refractivity contribution in [3.05, 3.63) is 41.8 Å². The van der Waals surface area contributed by atoms with Gasteiger partial charge in [0.05, 0.1) is 6.61 Å². The fourth-order valence-electron chi connectivity index (χ4n) is 1.68. The lowest BCUT2D eigenvalue weighted by Gasteiger charge is -2.04. The number of nitrogens with zero attached hydrogens (tertiary/aromatic N) is 2. The van der Waals surface area contributed by atoms with Gasteiger partial charge in [-0.05, 0) is 11.5 Å². The average molecular weight is 258 g/mol. The molecule has 0 saturated heterocycles. The van der Waals surface area contributed by atoms with E-state index in [1.165, 1.54) is 5.56 Å². The molecule has 2 rings (SSSR count). The summed E-state index contributed by atoms with van der Waals surface area (Å²) in [7, 11) is 1.64. The molecule has 0 amide bonds. The Morgan fingerprint density at radius 1 is 1.26 bits per heavy atom. The fraction of sp³-hybridized carbons (Fsp3) is 0.333.